The molecule has 0 amide bonds. The SMILES string of the molecule is COc1ccc(C(=O)[O-])cc1.COc1ccc(C(=O)[O-])cc1.COc1ccc(C(=O)[O-])cc1.COc1ccc(C(=O)[O-])cc1.[Zr+4]. The first-order valence-electron chi connectivity index (χ1n) is 12.4. The van der Waals surface area contributed by atoms with Crippen molar-refractivity contribution in [2.24, 2.45) is 0 Å². The average molecular weight is 696 g/mol. The van der Waals surface area contributed by atoms with Crippen molar-refractivity contribution in [1.29, 1.82) is 0 Å². The van der Waals surface area contributed by atoms with E-state index >= 15 is 0 Å². The predicted octanol–water partition coefficient (Wildman–Crippen LogP) is 0.232. The maximum atomic E-state index is 10.2. The molecule has 0 aliphatic rings. The van der Waals surface area contributed by atoms with Gasteiger partial charge in [-0.15, -0.1) is 0 Å². The second-order valence-electron chi connectivity index (χ2n) is 8.06. The number of aromatic carboxylic acids is 4. The summed E-state index contributed by atoms with van der Waals surface area (Å²) in [6, 6.07) is 24.1. The normalized spacial score (nSPS) is 8.98. The van der Waals surface area contributed by atoms with Gasteiger partial charge in [0.1, 0.15) is 23.0 Å². The topological polar surface area (TPSA) is 197 Å². The van der Waals surface area contributed by atoms with Gasteiger partial charge in [-0.05, 0) is 119 Å². The third-order valence-corrected chi connectivity index (χ3v) is 5.30. The Morgan fingerprint density at radius 2 is 0.489 bits per heavy atom. The Balaban J connectivity index is 0.000000569. The molecule has 45 heavy (non-hydrogen) atoms. The van der Waals surface area contributed by atoms with Gasteiger partial charge in [-0.25, -0.2) is 0 Å². The molecule has 0 heterocycles. The summed E-state index contributed by atoms with van der Waals surface area (Å²) in [6.07, 6.45) is 0. The molecule has 0 unspecified atom stereocenters. The zero-order valence-electron chi connectivity index (χ0n) is 24.6. The molecule has 0 aliphatic heterocycles. The van der Waals surface area contributed by atoms with Crippen molar-refractivity contribution in [2.45, 2.75) is 0 Å². The molecular formula is C32H28O12Zr. The van der Waals surface area contributed by atoms with Crippen molar-refractivity contribution in [2.75, 3.05) is 28.4 Å². The number of benzene rings is 4. The third kappa shape index (κ3) is 15.2. The van der Waals surface area contributed by atoms with Crippen LogP contribution in [0.4, 0.5) is 0 Å². The van der Waals surface area contributed by atoms with Gasteiger partial charge in [0.25, 0.3) is 0 Å². The summed E-state index contributed by atoms with van der Waals surface area (Å²) in [5.41, 5.74) is 0.633. The smallest absolute Gasteiger partial charge is 0.545 e. The first-order valence-corrected chi connectivity index (χ1v) is 12.4. The fraction of sp³-hybridized carbons (Fsp3) is 0.125. The van der Waals surface area contributed by atoms with Gasteiger partial charge < -0.3 is 58.6 Å². The Bertz CT molecular complexity index is 1240. The molecule has 4 rings (SSSR count). The molecule has 0 atom stereocenters. The molecule has 12 nitrogen and oxygen atoms in total. The number of methoxy groups -OCH3 is 4. The van der Waals surface area contributed by atoms with E-state index in [0.29, 0.717) is 23.0 Å². The van der Waals surface area contributed by atoms with Gasteiger partial charge in [0.2, 0.25) is 0 Å². The van der Waals surface area contributed by atoms with E-state index in [0.717, 1.165) is 0 Å². The van der Waals surface area contributed by atoms with Crippen molar-refractivity contribution in [1.82, 2.24) is 0 Å². The van der Waals surface area contributed by atoms with E-state index in [4.69, 9.17) is 18.9 Å². The van der Waals surface area contributed by atoms with Crippen LogP contribution in [-0.4, -0.2) is 52.3 Å². The van der Waals surface area contributed by atoms with E-state index in [1.165, 1.54) is 77.0 Å². The maximum Gasteiger partial charge on any atom is 4.00 e. The molecule has 4 aromatic rings. The molecule has 0 saturated heterocycles. The van der Waals surface area contributed by atoms with Gasteiger partial charge in [0.05, 0.1) is 52.3 Å². The molecule has 0 saturated carbocycles. The molecule has 0 aliphatic carbocycles. The quantitative estimate of drug-likeness (QED) is 0.244. The van der Waals surface area contributed by atoms with Crippen LogP contribution in [0.2, 0.25) is 0 Å². The number of rotatable bonds is 8. The number of ether oxygens (including phenoxy) is 4. The second kappa shape index (κ2) is 21.5. The number of hydrogen-bond acceptors (Lipinski definition) is 12. The molecule has 232 valence electrons. The minimum absolute atomic E-state index is 0. The Labute approximate surface area is 278 Å². The summed E-state index contributed by atoms with van der Waals surface area (Å²) in [4.78, 5) is 41.0. The van der Waals surface area contributed by atoms with E-state index in [2.05, 4.69) is 0 Å². The van der Waals surface area contributed by atoms with Crippen LogP contribution in [-0.2, 0) is 26.2 Å². The molecule has 0 spiro atoms. The van der Waals surface area contributed by atoms with Crippen LogP contribution >= 0.6 is 0 Å². The van der Waals surface area contributed by atoms with Crippen LogP contribution in [0.5, 0.6) is 23.0 Å². The number of carboxylic acids is 4. The Hall–Kier alpha value is -5.16. The van der Waals surface area contributed by atoms with Gasteiger partial charge in [0.15, 0.2) is 0 Å². The summed E-state index contributed by atoms with van der Waals surface area (Å²) in [6.45, 7) is 0. The number of carboxylic acid groups (broad SMARTS) is 4. The number of carbonyl (C=O) groups is 4. The first-order chi connectivity index (χ1) is 20.9. The van der Waals surface area contributed by atoms with Crippen LogP contribution < -0.4 is 39.4 Å². The van der Waals surface area contributed by atoms with E-state index in [9.17, 15) is 39.6 Å². The molecule has 0 bridgehead atoms. The van der Waals surface area contributed by atoms with Crippen molar-refractivity contribution < 1.29 is 84.8 Å². The van der Waals surface area contributed by atoms with Crippen LogP contribution in [0.15, 0.2) is 97.1 Å². The zero-order chi connectivity index (χ0) is 33.1. The van der Waals surface area contributed by atoms with Crippen molar-refractivity contribution in [3.8, 4) is 23.0 Å². The van der Waals surface area contributed by atoms with Gasteiger partial charge in [0, 0.05) is 0 Å². The molecule has 0 radical (unpaired) electrons. The number of carbonyl (C=O) groups excluding carboxylic acids is 4. The average Bonchev–Trinajstić information content (AvgIpc) is 3.05. The summed E-state index contributed by atoms with van der Waals surface area (Å²) < 4.78 is 19.3. The maximum absolute atomic E-state index is 10.2. The van der Waals surface area contributed by atoms with E-state index in [1.54, 1.807) is 48.5 Å². The molecule has 4 aromatic carbocycles. The van der Waals surface area contributed by atoms with Crippen molar-refractivity contribution in [3.05, 3.63) is 119 Å². The van der Waals surface area contributed by atoms with Gasteiger partial charge in [-0.2, -0.15) is 0 Å². The monoisotopic (exact) mass is 694 g/mol. The fourth-order valence-corrected chi connectivity index (χ4v) is 2.91. The predicted molar refractivity (Wildman–Crippen MR) is 149 cm³/mol. The second-order valence-corrected chi connectivity index (χ2v) is 8.06. The summed E-state index contributed by atoms with van der Waals surface area (Å²) in [7, 11) is 6.09. The van der Waals surface area contributed by atoms with Crippen LogP contribution in [0.1, 0.15) is 41.4 Å². The fourth-order valence-electron chi connectivity index (χ4n) is 2.91. The van der Waals surface area contributed by atoms with E-state index in [1.807, 2.05) is 0 Å². The Morgan fingerprint density at radius 3 is 0.578 bits per heavy atom. The summed E-state index contributed by atoms with van der Waals surface area (Å²) >= 11 is 0. The van der Waals surface area contributed by atoms with Gasteiger partial charge in [-0.1, -0.05) is 0 Å². The molecule has 0 aromatic heterocycles. The van der Waals surface area contributed by atoms with Gasteiger partial charge >= 0.3 is 26.2 Å². The minimum Gasteiger partial charge on any atom is -0.545 e. The van der Waals surface area contributed by atoms with Crippen molar-refractivity contribution >= 4 is 23.9 Å². The van der Waals surface area contributed by atoms with E-state index < -0.39 is 23.9 Å². The largest absolute Gasteiger partial charge is 4.00 e. The zero-order valence-corrected chi connectivity index (χ0v) is 27.1. The van der Waals surface area contributed by atoms with E-state index in [-0.39, 0.29) is 48.5 Å². The molecular weight excluding hydrogens is 668 g/mol. The molecule has 0 fully saturated rings. The third-order valence-electron chi connectivity index (χ3n) is 5.30. The minimum atomic E-state index is -1.17. The van der Waals surface area contributed by atoms with Gasteiger partial charge in [-0.3, -0.25) is 0 Å². The molecule has 0 N–H and O–H groups in total. The molecule has 13 heteroatoms. The summed E-state index contributed by atoms with van der Waals surface area (Å²) in [5, 5.41) is 41.0. The Morgan fingerprint density at radius 1 is 0.356 bits per heavy atom. The van der Waals surface area contributed by atoms with Crippen LogP contribution in [0.3, 0.4) is 0 Å². The van der Waals surface area contributed by atoms with Crippen LogP contribution in [0.25, 0.3) is 0 Å². The Kier molecular flexibility index (Phi) is 19.1. The first kappa shape index (κ1) is 39.8. The number of hydrogen-bond donors (Lipinski definition) is 0. The summed E-state index contributed by atoms with van der Waals surface area (Å²) in [5.74, 6) is -2.16. The van der Waals surface area contributed by atoms with Crippen LogP contribution in [0, 0.1) is 0 Å². The van der Waals surface area contributed by atoms with Crippen molar-refractivity contribution in [3.63, 3.8) is 0 Å². The standard InChI is InChI=1S/4C8H8O3.Zr/c4*1-11-7-4-2-6(3-5-7)8(9)10;/h4*2-5H,1H3,(H,9,10);/q;;;;+4/p-4.